The fourth-order valence-corrected chi connectivity index (χ4v) is 4.12. The van der Waals surface area contributed by atoms with E-state index in [1.165, 1.54) is 30.5 Å². The molecule has 1 atom stereocenters. The molecule has 1 unspecified atom stereocenters. The van der Waals surface area contributed by atoms with Crippen molar-refractivity contribution in [1.29, 1.82) is 0 Å². The quantitative estimate of drug-likeness (QED) is 0.446. The maximum absolute atomic E-state index is 13.5. The van der Waals surface area contributed by atoms with Gasteiger partial charge in [-0.3, -0.25) is 10.2 Å². The minimum absolute atomic E-state index is 0.0138. The molecule has 0 fully saturated rings. The number of benzene rings is 2. The average molecular weight is 516 g/mol. The molecule has 11 heteroatoms. The van der Waals surface area contributed by atoms with Gasteiger partial charge in [0.15, 0.2) is 5.75 Å². The lowest BCUT2D eigenvalue weighted by Gasteiger charge is -2.21. The summed E-state index contributed by atoms with van der Waals surface area (Å²) in [6, 6.07) is 11.4. The Kier molecular flexibility index (Phi) is 7.82. The second-order valence-electron chi connectivity index (χ2n) is 8.86. The van der Waals surface area contributed by atoms with Crippen LogP contribution in [0.3, 0.4) is 0 Å². The van der Waals surface area contributed by atoms with Crippen LogP contribution in [0.5, 0.6) is 11.5 Å². The molecule has 8 nitrogen and oxygen atoms in total. The Morgan fingerprint density at radius 1 is 1.16 bits per heavy atom. The molecule has 0 radical (unpaired) electrons. The summed E-state index contributed by atoms with van der Waals surface area (Å²) in [5.41, 5.74) is 0.851. The Morgan fingerprint density at radius 2 is 1.86 bits per heavy atom. The molecule has 3 aromatic rings. The van der Waals surface area contributed by atoms with E-state index in [-0.39, 0.29) is 30.0 Å². The van der Waals surface area contributed by atoms with Crippen molar-refractivity contribution in [2.45, 2.75) is 25.1 Å². The molecule has 0 bridgehead atoms. The Balaban J connectivity index is 1.46. The van der Waals surface area contributed by atoms with Crippen molar-refractivity contribution in [3.8, 4) is 11.5 Å². The highest BCUT2D eigenvalue weighted by Gasteiger charge is 2.37. The number of aromatic nitrogens is 2. The molecule has 1 aliphatic heterocycles. The van der Waals surface area contributed by atoms with Crippen molar-refractivity contribution in [2.75, 3.05) is 44.5 Å². The van der Waals surface area contributed by atoms with Crippen molar-refractivity contribution < 1.29 is 27.4 Å². The van der Waals surface area contributed by atoms with Gasteiger partial charge in [-0.25, -0.2) is 14.8 Å². The molecule has 0 spiro atoms. The highest BCUT2D eigenvalue weighted by atomic mass is 19.4. The van der Waals surface area contributed by atoms with Crippen LogP contribution in [-0.4, -0.2) is 55.2 Å². The van der Waals surface area contributed by atoms with E-state index < -0.39 is 17.8 Å². The lowest BCUT2D eigenvalue weighted by Crippen LogP contribution is -2.34. The summed E-state index contributed by atoms with van der Waals surface area (Å²) in [5.74, 6) is 0.172. The lowest BCUT2D eigenvalue weighted by molar-refractivity contribution is -0.138. The van der Waals surface area contributed by atoms with Crippen LogP contribution < -0.4 is 19.7 Å². The number of halogens is 3. The molecule has 1 aliphatic rings. The maximum Gasteiger partial charge on any atom is 0.420 e. The molecule has 0 saturated carbocycles. The Hall–Kier alpha value is -3.86. The van der Waals surface area contributed by atoms with E-state index in [4.69, 9.17) is 9.47 Å². The topological polar surface area (TPSA) is 79.8 Å². The van der Waals surface area contributed by atoms with Gasteiger partial charge in [0.25, 0.3) is 0 Å². The number of carbonyl (C=O) groups is 1. The van der Waals surface area contributed by atoms with Gasteiger partial charge in [0.1, 0.15) is 11.9 Å². The van der Waals surface area contributed by atoms with E-state index in [1.807, 2.05) is 44.4 Å². The summed E-state index contributed by atoms with van der Waals surface area (Å²) in [6.45, 7) is 1.03. The molecule has 4 rings (SSSR count). The SMILES string of the molecule is COc1cc2c(cc1C(F)(F)F)N(C(=O)Nc1ncc(OC(CCN(C)C)c3ccccc3)cn1)CC2. The second kappa shape index (κ2) is 11.0. The first-order chi connectivity index (χ1) is 17.7. The number of alkyl halides is 3. The van der Waals surface area contributed by atoms with Crippen LogP contribution in [0.15, 0.2) is 54.9 Å². The normalized spacial score (nSPS) is 13.9. The van der Waals surface area contributed by atoms with Gasteiger partial charge >= 0.3 is 12.2 Å². The van der Waals surface area contributed by atoms with Crippen molar-refractivity contribution in [3.05, 3.63) is 71.5 Å². The van der Waals surface area contributed by atoms with Crippen LogP contribution >= 0.6 is 0 Å². The number of carbonyl (C=O) groups excluding carboxylic acids is 1. The molecule has 0 saturated heterocycles. The first-order valence-electron chi connectivity index (χ1n) is 11.7. The smallest absolute Gasteiger partial charge is 0.420 e. The number of rotatable bonds is 8. The third-order valence-corrected chi connectivity index (χ3v) is 5.98. The highest BCUT2D eigenvalue weighted by Crippen LogP contribution is 2.42. The van der Waals surface area contributed by atoms with Gasteiger partial charge in [-0.15, -0.1) is 0 Å². The molecule has 196 valence electrons. The molecule has 2 aromatic carbocycles. The van der Waals surface area contributed by atoms with E-state index in [0.29, 0.717) is 17.7 Å². The predicted molar refractivity (Wildman–Crippen MR) is 133 cm³/mol. The van der Waals surface area contributed by atoms with Crippen LogP contribution in [0, 0.1) is 0 Å². The van der Waals surface area contributed by atoms with E-state index >= 15 is 0 Å². The highest BCUT2D eigenvalue weighted by molar-refractivity contribution is 6.02. The Morgan fingerprint density at radius 3 is 2.49 bits per heavy atom. The summed E-state index contributed by atoms with van der Waals surface area (Å²) in [4.78, 5) is 24.5. The van der Waals surface area contributed by atoms with Crippen LogP contribution in [-0.2, 0) is 12.6 Å². The number of nitrogens with zero attached hydrogens (tertiary/aromatic N) is 4. The van der Waals surface area contributed by atoms with Gasteiger partial charge in [0.2, 0.25) is 5.95 Å². The van der Waals surface area contributed by atoms with Crippen molar-refractivity contribution in [2.24, 2.45) is 0 Å². The minimum Gasteiger partial charge on any atom is -0.496 e. The van der Waals surface area contributed by atoms with Gasteiger partial charge in [0, 0.05) is 25.2 Å². The van der Waals surface area contributed by atoms with Gasteiger partial charge in [-0.05, 0) is 43.8 Å². The standard InChI is InChI=1S/C26H28F3N5O3/c1-33(2)11-10-22(17-7-5-4-6-8-17)37-19-15-30-24(31-16-19)32-25(35)34-12-9-18-13-23(36-3)20(14-21(18)34)26(27,28)29/h4-8,13-16,22H,9-12H2,1-3H3,(H,30,31,32,35). The maximum atomic E-state index is 13.5. The summed E-state index contributed by atoms with van der Waals surface area (Å²) < 4.78 is 51.4. The van der Waals surface area contributed by atoms with Crippen LogP contribution in [0.4, 0.5) is 29.6 Å². The number of hydrogen-bond donors (Lipinski definition) is 1. The van der Waals surface area contributed by atoms with E-state index in [0.717, 1.165) is 24.6 Å². The van der Waals surface area contributed by atoms with E-state index in [9.17, 15) is 18.0 Å². The molecule has 1 aromatic heterocycles. The number of nitrogens with one attached hydrogen (secondary N) is 1. The molecular formula is C26H28F3N5O3. The summed E-state index contributed by atoms with van der Waals surface area (Å²) in [7, 11) is 5.16. The first kappa shape index (κ1) is 26.2. The predicted octanol–water partition coefficient (Wildman–Crippen LogP) is 5.17. The van der Waals surface area contributed by atoms with Crippen molar-refractivity contribution in [1.82, 2.24) is 14.9 Å². The first-order valence-corrected chi connectivity index (χ1v) is 11.7. The van der Waals surface area contributed by atoms with Crippen molar-refractivity contribution >= 4 is 17.7 Å². The zero-order valence-corrected chi connectivity index (χ0v) is 20.7. The zero-order valence-electron chi connectivity index (χ0n) is 20.7. The molecular weight excluding hydrogens is 487 g/mol. The molecule has 2 amide bonds. The van der Waals surface area contributed by atoms with Crippen LogP contribution in [0.2, 0.25) is 0 Å². The number of amides is 2. The second-order valence-corrected chi connectivity index (χ2v) is 8.86. The largest absolute Gasteiger partial charge is 0.496 e. The third-order valence-electron chi connectivity index (χ3n) is 5.98. The number of anilines is 2. The molecule has 1 N–H and O–H groups in total. The van der Waals surface area contributed by atoms with Gasteiger partial charge < -0.3 is 14.4 Å². The van der Waals surface area contributed by atoms with Crippen LogP contribution in [0.1, 0.15) is 29.2 Å². The Bertz CT molecular complexity index is 1220. The number of urea groups is 1. The number of ether oxygens (including phenoxy) is 2. The summed E-state index contributed by atoms with van der Waals surface area (Å²) in [6.07, 6.45) is -0.771. The molecule has 2 heterocycles. The fourth-order valence-electron chi connectivity index (χ4n) is 4.12. The monoisotopic (exact) mass is 515 g/mol. The number of methoxy groups -OCH3 is 1. The fraction of sp³-hybridized carbons (Fsp3) is 0.346. The van der Waals surface area contributed by atoms with Crippen molar-refractivity contribution in [3.63, 3.8) is 0 Å². The van der Waals surface area contributed by atoms with Crippen LogP contribution in [0.25, 0.3) is 0 Å². The average Bonchev–Trinajstić information content (AvgIpc) is 3.30. The molecule has 37 heavy (non-hydrogen) atoms. The lowest BCUT2D eigenvalue weighted by atomic mass is 10.1. The zero-order chi connectivity index (χ0) is 26.6. The number of hydrogen-bond acceptors (Lipinski definition) is 6. The summed E-state index contributed by atoms with van der Waals surface area (Å²) >= 11 is 0. The van der Waals surface area contributed by atoms with E-state index in [2.05, 4.69) is 20.2 Å². The van der Waals surface area contributed by atoms with Gasteiger partial charge in [-0.2, -0.15) is 13.2 Å². The number of fused-ring (bicyclic) bond motifs is 1. The summed E-state index contributed by atoms with van der Waals surface area (Å²) in [5, 5.41) is 2.55. The molecule has 0 aliphatic carbocycles. The van der Waals surface area contributed by atoms with E-state index in [1.54, 1.807) is 0 Å². The van der Waals surface area contributed by atoms with Gasteiger partial charge in [0.05, 0.1) is 25.1 Å². The minimum atomic E-state index is -4.62. The third kappa shape index (κ3) is 6.29. The van der Waals surface area contributed by atoms with Gasteiger partial charge in [-0.1, -0.05) is 30.3 Å². The Labute approximate surface area is 213 Å².